The number of para-hydroxylation sites is 1. The standard InChI is InChI=1S/C53H67N11O8S/c1-32-46(73-31-60-32)34-20-18-33(19-21-34)27-59-51(70)41-25-36(65)30-64(41)52(71)47(53(2,3)4)63-44(66)17-12-10-8-7-9-11-13-24-56-49(68)35-22-23-42(57-28-35)62-43-26-40(38(29-58-43)48(54)67)61-39-16-14-15-37(45(39)72-6)50(69)55-5/h14-16,18-23,26,28-29,31,36,41,47,65H,7-13,17,24-25,27,30H2,1-6H3,(H2,54,67)(H,55,69)(H,56,68)(H,59,70)(H,63,66)(H2,57,58,61,62)/t36-,41+,47-/m1/s1. The van der Waals surface area contributed by atoms with Crippen LogP contribution in [0, 0.1) is 12.3 Å². The van der Waals surface area contributed by atoms with Crippen molar-refractivity contribution in [2.45, 2.75) is 110 Å². The molecule has 6 rings (SSSR count). The van der Waals surface area contributed by atoms with Gasteiger partial charge in [-0.2, -0.15) is 0 Å². The number of ether oxygens (including phenoxy) is 1. The van der Waals surface area contributed by atoms with Crippen LogP contribution in [0.2, 0.25) is 0 Å². The monoisotopic (exact) mass is 1020 g/mol. The Labute approximate surface area is 429 Å². The number of nitrogens with two attached hydrogens (primary N) is 1. The first-order valence-electron chi connectivity index (χ1n) is 24.5. The van der Waals surface area contributed by atoms with Crippen molar-refractivity contribution in [3.05, 3.63) is 107 Å². The van der Waals surface area contributed by atoms with Gasteiger partial charge in [-0.15, -0.1) is 11.3 Å². The molecule has 1 saturated heterocycles. The van der Waals surface area contributed by atoms with E-state index in [2.05, 4.69) is 46.9 Å². The molecule has 5 aromatic rings. The van der Waals surface area contributed by atoms with Gasteiger partial charge in [-0.1, -0.05) is 83.2 Å². The summed E-state index contributed by atoms with van der Waals surface area (Å²) < 4.78 is 5.50. The molecule has 6 amide bonds. The van der Waals surface area contributed by atoms with Crippen LogP contribution in [0.15, 0.2) is 78.6 Å². The first kappa shape index (κ1) is 54.9. The van der Waals surface area contributed by atoms with Crippen molar-refractivity contribution in [1.82, 2.24) is 41.1 Å². The number of β-amino-alcohol motifs (C(OH)–C–C–N with tert-alkyl or cyclic N) is 1. The SMILES string of the molecule is CNC(=O)c1cccc(Nc2cc(Nc3ccc(C(=O)NCCCCCCCCCC(=O)N[C@H](C(=O)N4C[C@H](O)C[C@H]4C(=O)NCc4ccc(-c5scnc5C)cc4)C(C)(C)C)cn3)ncc2C(N)=O)c1OC. The van der Waals surface area contributed by atoms with Crippen molar-refractivity contribution in [2.24, 2.45) is 11.1 Å². The molecule has 1 aliphatic heterocycles. The lowest BCUT2D eigenvalue weighted by Gasteiger charge is -2.35. The van der Waals surface area contributed by atoms with Crippen molar-refractivity contribution < 1.29 is 38.6 Å². The fourth-order valence-corrected chi connectivity index (χ4v) is 9.29. The molecule has 4 heterocycles. The highest BCUT2D eigenvalue weighted by molar-refractivity contribution is 7.13. The number of nitrogens with one attached hydrogen (secondary N) is 6. The molecule has 388 valence electrons. The number of hydrogen-bond acceptors (Lipinski definition) is 14. The third-order valence-corrected chi connectivity index (χ3v) is 13.5. The van der Waals surface area contributed by atoms with Crippen molar-refractivity contribution >= 4 is 69.8 Å². The molecule has 19 nitrogen and oxygen atoms in total. The molecule has 20 heteroatoms. The van der Waals surface area contributed by atoms with Gasteiger partial charge in [-0.3, -0.25) is 28.8 Å². The van der Waals surface area contributed by atoms with Gasteiger partial charge in [0.05, 0.1) is 57.4 Å². The summed E-state index contributed by atoms with van der Waals surface area (Å²) in [6.45, 7) is 8.36. The lowest BCUT2D eigenvalue weighted by atomic mass is 9.85. The van der Waals surface area contributed by atoms with Crippen molar-refractivity contribution in [3.63, 3.8) is 0 Å². The maximum atomic E-state index is 14.0. The number of unbranched alkanes of at least 4 members (excludes halogenated alkanes) is 6. The van der Waals surface area contributed by atoms with E-state index in [9.17, 15) is 33.9 Å². The quantitative estimate of drug-likeness (QED) is 0.0306. The number of aliphatic hydroxyl groups is 1. The van der Waals surface area contributed by atoms with Gasteiger partial charge in [0.15, 0.2) is 5.75 Å². The number of aliphatic hydroxyl groups excluding tert-OH is 1. The number of anilines is 4. The molecule has 0 radical (unpaired) electrons. The summed E-state index contributed by atoms with van der Waals surface area (Å²) in [7, 11) is 2.95. The molecule has 0 aliphatic carbocycles. The van der Waals surface area contributed by atoms with E-state index in [4.69, 9.17) is 10.5 Å². The van der Waals surface area contributed by atoms with Gasteiger partial charge in [0.25, 0.3) is 17.7 Å². The largest absolute Gasteiger partial charge is 0.494 e. The lowest BCUT2D eigenvalue weighted by Crippen LogP contribution is -2.57. The Kier molecular flexibility index (Phi) is 19.4. The number of rotatable bonds is 24. The van der Waals surface area contributed by atoms with Crippen LogP contribution in [0.1, 0.15) is 121 Å². The minimum atomic E-state index is -0.882. The number of carbonyl (C=O) groups excluding carboxylic acids is 6. The Morgan fingerprint density at radius 2 is 1.55 bits per heavy atom. The molecule has 0 saturated carbocycles. The molecule has 0 bridgehead atoms. The van der Waals surface area contributed by atoms with Gasteiger partial charge in [-0.05, 0) is 60.6 Å². The number of pyridine rings is 2. The van der Waals surface area contributed by atoms with Gasteiger partial charge in [0.2, 0.25) is 17.7 Å². The molecular weight excluding hydrogens is 951 g/mol. The number of carbonyl (C=O) groups is 6. The van der Waals surface area contributed by atoms with Gasteiger partial charge >= 0.3 is 0 Å². The molecule has 1 aliphatic rings. The zero-order valence-corrected chi connectivity index (χ0v) is 43.1. The average Bonchev–Trinajstić information content (AvgIpc) is 3.99. The zero-order valence-electron chi connectivity index (χ0n) is 42.3. The van der Waals surface area contributed by atoms with E-state index in [0.29, 0.717) is 47.1 Å². The third-order valence-electron chi connectivity index (χ3n) is 12.5. The predicted octanol–water partition coefficient (Wildman–Crippen LogP) is 6.52. The number of primary amides is 1. The highest BCUT2D eigenvalue weighted by Gasteiger charge is 2.44. The van der Waals surface area contributed by atoms with E-state index < -0.39 is 29.5 Å². The number of amides is 6. The smallest absolute Gasteiger partial charge is 0.254 e. The number of hydrogen-bond donors (Lipinski definition) is 8. The molecule has 1 fully saturated rings. The van der Waals surface area contributed by atoms with Crippen molar-refractivity contribution in [1.29, 1.82) is 0 Å². The Morgan fingerprint density at radius 1 is 0.836 bits per heavy atom. The van der Waals surface area contributed by atoms with E-state index in [0.717, 1.165) is 60.2 Å². The predicted molar refractivity (Wildman–Crippen MR) is 281 cm³/mol. The minimum absolute atomic E-state index is 0.00970. The molecule has 2 aromatic carbocycles. The number of likely N-dealkylation sites (tertiary alicyclic amines) is 1. The second-order valence-corrected chi connectivity index (χ2v) is 19.9. The van der Waals surface area contributed by atoms with Gasteiger partial charge in [0, 0.05) is 58.0 Å². The summed E-state index contributed by atoms with van der Waals surface area (Å²) in [6.07, 6.45) is 8.42. The Balaban J connectivity index is 0.870. The number of aryl methyl sites for hydroxylation is 1. The van der Waals surface area contributed by atoms with E-state index >= 15 is 0 Å². The first-order valence-corrected chi connectivity index (χ1v) is 25.4. The molecule has 3 aromatic heterocycles. The van der Waals surface area contributed by atoms with Gasteiger partial charge in [-0.25, -0.2) is 15.0 Å². The van der Waals surface area contributed by atoms with E-state index in [1.54, 1.807) is 47.7 Å². The fourth-order valence-electron chi connectivity index (χ4n) is 8.48. The van der Waals surface area contributed by atoms with Gasteiger partial charge < -0.3 is 52.4 Å². The van der Waals surface area contributed by atoms with E-state index in [1.807, 2.05) is 57.5 Å². The fraction of sp³-hybridized carbons (Fsp3) is 0.415. The zero-order chi connectivity index (χ0) is 52.7. The first-order chi connectivity index (χ1) is 35.0. The second kappa shape index (κ2) is 25.8. The van der Waals surface area contributed by atoms with Crippen LogP contribution < -0.4 is 42.4 Å². The summed E-state index contributed by atoms with van der Waals surface area (Å²) in [5.74, 6) is -1.29. The van der Waals surface area contributed by atoms with Crippen LogP contribution in [0.5, 0.6) is 5.75 Å². The Morgan fingerprint density at radius 3 is 2.19 bits per heavy atom. The molecular formula is C53H67N11O8S. The Bertz CT molecular complexity index is 2730. The second-order valence-electron chi connectivity index (χ2n) is 19.1. The number of nitrogens with zero attached hydrogens (tertiary/aromatic N) is 4. The van der Waals surface area contributed by atoms with Gasteiger partial charge in [0.1, 0.15) is 23.7 Å². The summed E-state index contributed by atoms with van der Waals surface area (Å²) in [6, 6.07) is 16.0. The van der Waals surface area contributed by atoms with Crippen molar-refractivity contribution in [3.8, 4) is 16.2 Å². The van der Waals surface area contributed by atoms with Crippen LogP contribution in [0.25, 0.3) is 10.4 Å². The molecule has 3 atom stereocenters. The van der Waals surface area contributed by atoms with Crippen LogP contribution >= 0.6 is 11.3 Å². The molecule has 73 heavy (non-hydrogen) atoms. The summed E-state index contributed by atoms with van der Waals surface area (Å²) in [5.41, 5.74) is 11.2. The van der Waals surface area contributed by atoms with Crippen LogP contribution in [0.3, 0.4) is 0 Å². The molecule has 0 spiro atoms. The minimum Gasteiger partial charge on any atom is -0.494 e. The number of thiazole rings is 1. The third kappa shape index (κ3) is 15.0. The summed E-state index contributed by atoms with van der Waals surface area (Å²) in [4.78, 5) is 93.7. The number of aromatic nitrogens is 3. The Hall–Kier alpha value is -7.45. The normalized spacial score (nSPS) is 14.7. The van der Waals surface area contributed by atoms with Crippen molar-refractivity contribution in [2.75, 3.05) is 37.9 Å². The summed E-state index contributed by atoms with van der Waals surface area (Å²) >= 11 is 1.57. The number of methoxy groups -OCH3 is 1. The van der Waals surface area contributed by atoms with Crippen LogP contribution in [-0.4, -0.2) is 106 Å². The molecule has 9 N–H and O–H groups in total. The molecule has 0 unspecified atom stereocenters. The average molecular weight is 1020 g/mol. The lowest BCUT2D eigenvalue weighted by molar-refractivity contribution is -0.144. The topological polar surface area (TPSA) is 272 Å². The van der Waals surface area contributed by atoms with Crippen LogP contribution in [-0.2, 0) is 20.9 Å². The highest BCUT2D eigenvalue weighted by atomic mass is 32.1. The highest BCUT2D eigenvalue weighted by Crippen LogP contribution is 2.34. The maximum Gasteiger partial charge on any atom is 0.254 e. The van der Waals surface area contributed by atoms with E-state index in [-0.39, 0.29) is 66.8 Å². The van der Waals surface area contributed by atoms with E-state index in [1.165, 1.54) is 31.5 Å². The number of benzene rings is 2. The maximum absolute atomic E-state index is 14.0. The van der Waals surface area contributed by atoms with Crippen LogP contribution in [0.4, 0.5) is 23.0 Å². The summed E-state index contributed by atoms with van der Waals surface area (Å²) in [5, 5.41) is 28.2.